The van der Waals surface area contributed by atoms with Crippen LogP contribution in [0.1, 0.15) is 70.1 Å². The summed E-state index contributed by atoms with van der Waals surface area (Å²) in [5.74, 6) is 2.29. The van der Waals surface area contributed by atoms with Gasteiger partial charge in [0.15, 0.2) is 0 Å². The molecular formula is C14H26N4. The van der Waals surface area contributed by atoms with E-state index in [1.807, 2.05) is 0 Å². The molecule has 1 N–H and O–H groups in total. The van der Waals surface area contributed by atoms with E-state index < -0.39 is 0 Å². The number of hydrogen-bond donors (Lipinski definition) is 1. The third-order valence-electron chi connectivity index (χ3n) is 3.76. The molecule has 0 radical (unpaired) electrons. The number of rotatable bonds is 8. The Morgan fingerprint density at radius 1 is 1.22 bits per heavy atom. The van der Waals surface area contributed by atoms with Gasteiger partial charge in [-0.3, -0.25) is 0 Å². The van der Waals surface area contributed by atoms with Crippen molar-refractivity contribution >= 4 is 0 Å². The molecule has 0 amide bonds. The van der Waals surface area contributed by atoms with Gasteiger partial charge < -0.3 is 9.88 Å². The third kappa shape index (κ3) is 3.31. The van der Waals surface area contributed by atoms with Gasteiger partial charge in [0, 0.05) is 13.0 Å². The standard InChI is InChI=1S/C14H26N4/c1-3-4-5-6-7-10-15-12(2)14-17-16-13-9-8-11-18(13)14/h12,15H,3-11H2,1-2H3. The summed E-state index contributed by atoms with van der Waals surface area (Å²) in [5.41, 5.74) is 0. The molecule has 4 nitrogen and oxygen atoms in total. The van der Waals surface area contributed by atoms with E-state index in [1.165, 1.54) is 44.3 Å². The highest BCUT2D eigenvalue weighted by Gasteiger charge is 2.20. The molecule has 1 aromatic rings. The van der Waals surface area contributed by atoms with Crippen molar-refractivity contribution in [3.8, 4) is 0 Å². The molecule has 0 aliphatic carbocycles. The summed E-state index contributed by atoms with van der Waals surface area (Å²) in [6.07, 6.45) is 8.98. The minimum atomic E-state index is 0.329. The van der Waals surface area contributed by atoms with Gasteiger partial charge in [-0.1, -0.05) is 32.6 Å². The molecule has 18 heavy (non-hydrogen) atoms. The SMILES string of the molecule is CCCCCCCNC(C)c1nnc2n1CCC2. The van der Waals surface area contributed by atoms with E-state index in [9.17, 15) is 0 Å². The topological polar surface area (TPSA) is 42.7 Å². The summed E-state index contributed by atoms with van der Waals surface area (Å²) in [6.45, 7) is 6.64. The Bertz CT molecular complexity index is 359. The van der Waals surface area contributed by atoms with E-state index in [4.69, 9.17) is 0 Å². The molecule has 0 bridgehead atoms. The first-order chi connectivity index (χ1) is 8.83. The fourth-order valence-electron chi connectivity index (χ4n) is 2.63. The van der Waals surface area contributed by atoms with Gasteiger partial charge in [0.1, 0.15) is 11.6 Å². The number of nitrogens with zero attached hydrogens (tertiary/aromatic N) is 3. The summed E-state index contributed by atoms with van der Waals surface area (Å²) in [7, 11) is 0. The van der Waals surface area contributed by atoms with Crippen molar-refractivity contribution in [2.45, 2.75) is 71.4 Å². The predicted octanol–water partition coefficient (Wildman–Crippen LogP) is 2.85. The van der Waals surface area contributed by atoms with E-state index in [-0.39, 0.29) is 0 Å². The molecular weight excluding hydrogens is 224 g/mol. The van der Waals surface area contributed by atoms with Gasteiger partial charge in [-0.2, -0.15) is 0 Å². The molecule has 0 saturated carbocycles. The number of nitrogens with one attached hydrogen (secondary N) is 1. The van der Waals surface area contributed by atoms with Gasteiger partial charge in [0.2, 0.25) is 0 Å². The van der Waals surface area contributed by atoms with Gasteiger partial charge >= 0.3 is 0 Å². The molecule has 102 valence electrons. The Balaban J connectivity index is 1.69. The Hall–Kier alpha value is -0.900. The van der Waals surface area contributed by atoms with Crippen LogP contribution in [0.25, 0.3) is 0 Å². The van der Waals surface area contributed by atoms with Crippen LogP contribution in [0.15, 0.2) is 0 Å². The van der Waals surface area contributed by atoms with E-state index in [1.54, 1.807) is 0 Å². The van der Waals surface area contributed by atoms with Crippen molar-refractivity contribution in [3.63, 3.8) is 0 Å². The van der Waals surface area contributed by atoms with Crippen LogP contribution < -0.4 is 5.32 Å². The molecule has 1 aliphatic heterocycles. The third-order valence-corrected chi connectivity index (χ3v) is 3.76. The number of hydrogen-bond acceptors (Lipinski definition) is 3. The van der Waals surface area contributed by atoms with Crippen LogP contribution in [0.2, 0.25) is 0 Å². The van der Waals surface area contributed by atoms with E-state index in [0.717, 1.165) is 25.3 Å². The smallest absolute Gasteiger partial charge is 0.149 e. The Morgan fingerprint density at radius 3 is 2.89 bits per heavy atom. The largest absolute Gasteiger partial charge is 0.314 e. The minimum Gasteiger partial charge on any atom is -0.314 e. The van der Waals surface area contributed by atoms with Crippen LogP contribution >= 0.6 is 0 Å². The zero-order valence-corrected chi connectivity index (χ0v) is 11.8. The fourth-order valence-corrected chi connectivity index (χ4v) is 2.63. The van der Waals surface area contributed by atoms with Crippen LogP contribution in [0.4, 0.5) is 0 Å². The summed E-state index contributed by atoms with van der Waals surface area (Å²) >= 11 is 0. The van der Waals surface area contributed by atoms with Crippen LogP contribution in [-0.2, 0) is 13.0 Å². The predicted molar refractivity (Wildman–Crippen MR) is 73.5 cm³/mol. The van der Waals surface area contributed by atoms with Gasteiger partial charge in [0.05, 0.1) is 6.04 Å². The van der Waals surface area contributed by atoms with Crippen molar-refractivity contribution in [1.29, 1.82) is 0 Å². The molecule has 0 saturated heterocycles. The normalized spacial score (nSPS) is 15.9. The fraction of sp³-hybridized carbons (Fsp3) is 0.857. The summed E-state index contributed by atoms with van der Waals surface area (Å²) in [4.78, 5) is 0. The average molecular weight is 250 g/mol. The lowest BCUT2D eigenvalue weighted by atomic mass is 10.1. The lowest BCUT2D eigenvalue weighted by Crippen LogP contribution is -2.23. The first-order valence-corrected chi connectivity index (χ1v) is 7.48. The molecule has 0 spiro atoms. The Kier molecular flexibility index (Phi) is 5.17. The zero-order valence-electron chi connectivity index (χ0n) is 11.8. The van der Waals surface area contributed by atoms with Crippen molar-refractivity contribution in [3.05, 3.63) is 11.6 Å². The van der Waals surface area contributed by atoms with Gasteiger partial charge in [-0.15, -0.1) is 10.2 Å². The molecule has 4 heteroatoms. The summed E-state index contributed by atoms with van der Waals surface area (Å²) in [5, 5.41) is 12.1. The number of aromatic nitrogens is 3. The highest BCUT2D eigenvalue weighted by molar-refractivity contribution is 5.03. The highest BCUT2D eigenvalue weighted by atomic mass is 15.3. The maximum atomic E-state index is 4.32. The summed E-state index contributed by atoms with van der Waals surface area (Å²) in [6, 6.07) is 0.329. The lowest BCUT2D eigenvalue weighted by molar-refractivity contribution is 0.495. The average Bonchev–Trinajstić information content (AvgIpc) is 2.95. The van der Waals surface area contributed by atoms with Crippen molar-refractivity contribution in [1.82, 2.24) is 20.1 Å². The quantitative estimate of drug-likeness (QED) is 0.721. The van der Waals surface area contributed by atoms with Crippen LogP contribution in [-0.4, -0.2) is 21.3 Å². The molecule has 1 unspecified atom stereocenters. The number of unbranched alkanes of at least 4 members (excludes halogenated alkanes) is 4. The second-order valence-electron chi connectivity index (χ2n) is 5.32. The maximum Gasteiger partial charge on any atom is 0.149 e. The first kappa shape index (κ1) is 13.5. The molecule has 1 atom stereocenters. The van der Waals surface area contributed by atoms with Gasteiger partial charge in [-0.05, 0) is 26.3 Å². The van der Waals surface area contributed by atoms with Crippen molar-refractivity contribution in [2.75, 3.05) is 6.54 Å². The number of fused-ring (bicyclic) bond motifs is 1. The van der Waals surface area contributed by atoms with Crippen LogP contribution in [0.3, 0.4) is 0 Å². The lowest BCUT2D eigenvalue weighted by Gasteiger charge is -2.13. The molecule has 0 fully saturated rings. The molecule has 2 rings (SSSR count). The highest BCUT2D eigenvalue weighted by Crippen LogP contribution is 2.18. The van der Waals surface area contributed by atoms with Crippen LogP contribution in [0, 0.1) is 0 Å². The first-order valence-electron chi connectivity index (χ1n) is 7.48. The molecule has 0 aromatic carbocycles. The number of aryl methyl sites for hydroxylation is 1. The van der Waals surface area contributed by atoms with Crippen molar-refractivity contribution < 1.29 is 0 Å². The van der Waals surface area contributed by atoms with Crippen LogP contribution in [0.5, 0.6) is 0 Å². The molecule has 1 aromatic heterocycles. The zero-order chi connectivity index (χ0) is 12.8. The van der Waals surface area contributed by atoms with Gasteiger partial charge in [-0.25, -0.2) is 0 Å². The monoisotopic (exact) mass is 250 g/mol. The molecule has 2 heterocycles. The second kappa shape index (κ2) is 6.88. The minimum absolute atomic E-state index is 0.329. The Labute approximate surface area is 110 Å². The van der Waals surface area contributed by atoms with Gasteiger partial charge in [0.25, 0.3) is 0 Å². The van der Waals surface area contributed by atoms with E-state index >= 15 is 0 Å². The second-order valence-corrected chi connectivity index (χ2v) is 5.32. The van der Waals surface area contributed by atoms with Crippen molar-refractivity contribution in [2.24, 2.45) is 0 Å². The maximum absolute atomic E-state index is 4.32. The Morgan fingerprint density at radius 2 is 2.06 bits per heavy atom. The summed E-state index contributed by atoms with van der Waals surface area (Å²) < 4.78 is 2.29. The molecule has 1 aliphatic rings. The van der Waals surface area contributed by atoms with E-state index in [0.29, 0.717) is 6.04 Å². The van der Waals surface area contributed by atoms with E-state index in [2.05, 4.69) is 33.9 Å².